The molecular weight excluding hydrogens is 436 g/mol. The zero-order chi connectivity index (χ0) is 21.2. The highest BCUT2D eigenvalue weighted by molar-refractivity contribution is 9.11. The van der Waals surface area contributed by atoms with E-state index in [1.54, 1.807) is 0 Å². The van der Waals surface area contributed by atoms with E-state index < -0.39 is 5.79 Å². The fourth-order valence-corrected chi connectivity index (χ4v) is 5.63. The van der Waals surface area contributed by atoms with E-state index in [1.807, 2.05) is 4.99 Å². The third-order valence-corrected chi connectivity index (χ3v) is 7.80. The Kier molecular flexibility index (Phi) is 6.53. The third-order valence-electron chi connectivity index (χ3n) is 7.02. The fraction of sp³-hybridized carbons (Fsp3) is 0.481. The van der Waals surface area contributed by atoms with Gasteiger partial charge in [-0.1, -0.05) is 96.0 Å². The molecule has 0 bridgehead atoms. The molecule has 0 radical (unpaired) electrons. The molecule has 1 saturated carbocycles. The van der Waals surface area contributed by atoms with Gasteiger partial charge in [-0.25, -0.2) is 0 Å². The topological polar surface area (TPSA) is 18.5 Å². The number of ether oxygens (including phenoxy) is 2. The average molecular weight is 469 g/mol. The molecule has 0 unspecified atom stereocenters. The van der Waals surface area contributed by atoms with Crippen molar-refractivity contribution < 1.29 is 9.47 Å². The minimum absolute atomic E-state index is 0.0854. The molecule has 2 aromatic rings. The Morgan fingerprint density at radius 1 is 0.933 bits per heavy atom. The van der Waals surface area contributed by atoms with Gasteiger partial charge < -0.3 is 9.47 Å². The summed E-state index contributed by atoms with van der Waals surface area (Å²) in [5.41, 5.74) is 3.94. The molecule has 3 atom stereocenters. The van der Waals surface area contributed by atoms with Crippen molar-refractivity contribution in [2.75, 3.05) is 0 Å². The molecule has 2 aliphatic rings. The van der Waals surface area contributed by atoms with E-state index in [9.17, 15) is 0 Å². The van der Waals surface area contributed by atoms with Gasteiger partial charge in [0.1, 0.15) is 12.2 Å². The molecule has 1 aliphatic heterocycles. The number of allylic oxidation sites excluding steroid dienone is 1. The van der Waals surface area contributed by atoms with Crippen LogP contribution in [0.3, 0.4) is 0 Å². The van der Waals surface area contributed by atoms with Gasteiger partial charge in [0.25, 0.3) is 0 Å². The quantitative estimate of drug-likeness (QED) is 0.440. The molecule has 4 rings (SSSR count). The molecule has 0 aromatic heterocycles. The van der Waals surface area contributed by atoms with Crippen molar-refractivity contribution >= 4 is 15.9 Å². The number of halogens is 1. The van der Waals surface area contributed by atoms with Crippen molar-refractivity contribution in [3.8, 4) is 0 Å². The lowest BCUT2D eigenvalue weighted by molar-refractivity contribution is -0.256. The molecule has 1 heterocycles. The normalized spacial score (nSPS) is 28.0. The minimum Gasteiger partial charge on any atom is -0.339 e. The number of hydrogen-bond donors (Lipinski definition) is 0. The maximum atomic E-state index is 7.00. The molecule has 30 heavy (non-hydrogen) atoms. The predicted octanol–water partition coefficient (Wildman–Crippen LogP) is 8.12. The van der Waals surface area contributed by atoms with Gasteiger partial charge in [0.2, 0.25) is 0 Å². The van der Waals surface area contributed by atoms with Gasteiger partial charge >= 0.3 is 0 Å². The van der Waals surface area contributed by atoms with Crippen molar-refractivity contribution in [1.82, 2.24) is 0 Å². The highest BCUT2D eigenvalue weighted by atomic mass is 79.9. The van der Waals surface area contributed by atoms with Gasteiger partial charge in [0, 0.05) is 12.3 Å². The summed E-state index contributed by atoms with van der Waals surface area (Å²) in [5.74, 6) is -0.184. The summed E-state index contributed by atoms with van der Waals surface area (Å²) in [7, 11) is 0. The summed E-state index contributed by atoms with van der Waals surface area (Å²) < 4.78 is 14.0. The predicted molar refractivity (Wildman–Crippen MR) is 126 cm³/mol. The number of benzene rings is 2. The molecule has 1 saturated heterocycles. The zero-order valence-corrected chi connectivity index (χ0v) is 19.9. The first-order valence-corrected chi connectivity index (χ1v) is 12.1. The Balaban J connectivity index is 1.72. The van der Waals surface area contributed by atoms with E-state index in [-0.39, 0.29) is 17.6 Å². The first kappa shape index (κ1) is 21.8. The zero-order valence-electron chi connectivity index (χ0n) is 18.3. The summed E-state index contributed by atoms with van der Waals surface area (Å²) >= 11 is 3.50. The first-order chi connectivity index (χ1) is 14.5. The fourth-order valence-electron chi connectivity index (χ4n) is 5.41. The van der Waals surface area contributed by atoms with E-state index in [1.165, 1.54) is 23.1 Å². The van der Waals surface area contributed by atoms with Gasteiger partial charge in [0.15, 0.2) is 5.79 Å². The van der Waals surface area contributed by atoms with Crippen molar-refractivity contribution in [2.45, 2.75) is 70.9 Å². The van der Waals surface area contributed by atoms with Crippen LogP contribution in [-0.4, -0.2) is 5.79 Å². The van der Waals surface area contributed by atoms with Gasteiger partial charge in [-0.3, -0.25) is 0 Å². The lowest BCUT2D eigenvalue weighted by Gasteiger charge is -2.49. The van der Waals surface area contributed by atoms with Crippen LogP contribution in [0.2, 0.25) is 0 Å². The highest BCUT2D eigenvalue weighted by Crippen LogP contribution is 2.59. The molecular formula is C27H33BrO2. The average Bonchev–Trinajstić information content (AvgIpc) is 3.14. The molecule has 0 amide bonds. The van der Waals surface area contributed by atoms with Gasteiger partial charge in [-0.05, 0) is 54.1 Å². The van der Waals surface area contributed by atoms with Crippen molar-refractivity contribution in [2.24, 2.45) is 11.3 Å². The highest BCUT2D eigenvalue weighted by Gasteiger charge is 2.58. The second kappa shape index (κ2) is 8.98. The molecule has 1 spiro atoms. The third kappa shape index (κ3) is 4.30. The summed E-state index contributed by atoms with van der Waals surface area (Å²) in [5, 5.41) is 0. The number of hydrogen-bond acceptors (Lipinski definition) is 2. The second-order valence-electron chi connectivity index (χ2n) is 9.60. The van der Waals surface area contributed by atoms with Crippen LogP contribution < -0.4 is 0 Å². The van der Waals surface area contributed by atoms with E-state index in [0.717, 1.165) is 25.7 Å². The SMILES string of the molecule is C/C(=C\Br)CC[C@@H]1C(C)(C)CCCC12O[C@H](c1ccccc1)[C@@H](c1ccccc1)O2. The largest absolute Gasteiger partial charge is 0.339 e. The summed E-state index contributed by atoms with van der Waals surface area (Å²) in [6.07, 6.45) is 5.28. The Hall–Kier alpha value is -1.42. The monoisotopic (exact) mass is 468 g/mol. The Bertz CT molecular complexity index is 811. The maximum Gasteiger partial charge on any atom is 0.173 e. The molecule has 2 aromatic carbocycles. The summed E-state index contributed by atoms with van der Waals surface area (Å²) in [4.78, 5) is 2.05. The van der Waals surface area contributed by atoms with E-state index in [4.69, 9.17) is 9.47 Å². The molecule has 160 valence electrons. The molecule has 2 fully saturated rings. The van der Waals surface area contributed by atoms with E-state index >= 15 is 0 Å². The molecule has 2 nitrogen and oxygen atoms in total. The van der Waals surface area contributed by atoms with Crippen LogP contribution in [0.5, 0.6) is 0 Å². The standard InChI is InChI=1S/C27H33BrO2/c1-20(19-28)15-16-23-26(2,3)17-10-18-27(23)29-24(21-11-6-4-7-12-21)25(30-27)22-13-8-5-9-14-22/h4-9,11-14,19,23-25H,10,15-18H2,1-3H3/b20-19+/t23-,24-,25-/m1/s1. The Morgan fingerprint density at radius 2 is 1.47 bits per heavy atom. The van der Waals surface area contributed by atoms with Crippen LogP contribution in [0, 0.1) is 11.3 Å². The maximum absolute atomic E-state index is 7.00. The van der Waals surface area contributed by atoms with Gasteiger partial charge in [-0.2, -0.15) is 0 Å². The smallest absolute Gasteiger partial charge is 0.173 e. The minimum atomic E-state index is -0.532. The number of rotatable bonds is 5. The van der Waals surface area contributed by atoms with E-state index in [2.05, 4.69) is 97.4 Å². The second-order valence-corrected chi connectivity index (χ2v) is 10.1. The van der Waals surface area contributed by atoms with E-state index in [0.29, 0.717) is 5.92 Å². The van der Waals surface area contributed by atoms with Crippen LogP contribution in [0.15, 0.2) is 71.2 Å². The van der Waals surface area contributed by atoms with Crippen LogP contribution in [0.1, 0.15) is 76.2 Å². The van der Waals surface area contributed by atoms with Gasteiger partial charge in [-0.15, -0.1) is 0 Å². The van der Waals surface area contributed by atoms with Crippen LogP contribution in [0.25, 0.3) is 0 Å². The van der Waals surface area contributed by atoms with Crippen molar-refractivity contribution in [3.05, 3.63) is 82.3 Å². The molecule has 0 N–H and O–H groups in total. The van der Waals surface area contributed by atoms with Crippen LogP contribution >= 0.6 is 15.9 Å². The lowest BCUT2D eigenvalue weighted by Crippen LogP contribution is -2.50. The Labute approximate surface area is 189 Å². The molecule has 1 aliphatic carbocycles. The lowest BCUT2D eigenvalue weighted by atomic mass is 9.63. The van der Waals surface area contributed by atoms with Crippen molar-refractivity contribution in [1.29, 1.82) is 0 Å². The van der Waals surface area contributed by atoms with Crippen LogP contribution in [0.4, 0.5) is 0 Å². The van der Waals surface area contributed by atoms with Crippen molar-refractivity contribution in [3.63, 3.8) is 0 Å². The first-order valence-electron chi connectivity index (χ1n) is 11.2. The Morgan fingerprint density at radius 3 is 1.97 bits per heavy atom. The summed E-state index contributed by atoms with van der Waals surface area (Å²) in [6.45, 7) is 6.98. The molecule has 3 heteroatoms. The summed E-state index contributed by atoms with van der Waals surface area (Å²) in [6, 6.07) is 21.2. The van der Waals surface area contributed by atoms with Gasteiger partial charge in [0.05, 0.1) is 0 Å². The van der Waals surface area contributed by atoms with Crippen LogP contribution in [-0.2, 0) is 9.47 Å².